The van der Waals surface area contributed by atoms with Crippen LogP contribution in [-0.2, 0) is 0 Å². The molecule has 0 amide bonds. The molecular formula is C9H11F3N2. The van der Waals surface area contributed by atoms with Gasteiger partial charge in [0, 0.05) is 17.9 Å². The Kier molecular flexibility index (Phi) is 3.10. The zero-order chi connectivity index (χ0) is 10.8. The highest BCUT2D eigenvalue weighted by Crippen LogP contribution is 2.28. The van der Waals surface area contributed by atoms with Gasteiger partial charge in [-0.1, -0.05) is 6.07 Å². The summed E-state index contributed by atoms with van der Waals surface area (Å²) in [5.41, 5.74) is 6.42. The van der Waals surface area contributed by atoms with Crippen molar-refractivity contribution in [2.24, 2.45) is 5.73 Å². The molecule has 0 saturated carbocycles. The number of aromatic nitrogens is 1. The molecule has 14 heavy (non-hydrogen) atoms. The van der Waals surface area contributed by atoms with E-state index in [0.29, 0.717) is 11.3 Å². The minimum absolute atomic E-state index is 0.449. The average Bonchev–Trinajstić information content (AvgIpc) is 2.01. The molecule has 0 aliphatic rings. The van der Waals surface area contributed by atoms with Crippen molar-refractivity contribution in [2.45, 2.75) is 25.6 Å². The number of rotatable bonds is 2. The quantitative estimate of drug-likeness (QED) is 0.803. The molecule has 2 N–H and O–H groups in total. The van der Waals surface area contributed by atoms with Gasteiger partial charge in [-0.25, -0.2) is 0 Å². The molecule has 0 aliphatic heterocycles. The van der Waals surface area contributed by atoms with Crippen molar-refractivity contribution < 1.29 is 13.2 Å². The highest BCUT2D eigenvalue weighted by Gasteiger charge is 2.31. The second-order valence-corrected chi connectivity index (χ2v) is 3.10. The molecule has 2 nitrogen and oxygen atoms in total. The van der Waals surface area contributed by atoms with Crippen LogP contribution in [0.25, 0.3) is 0 Å². The summed E-state index contributed by atoms with van der Waals surface area (Å²) in [7, 11) is 0. The monoisotopic (exact) mass is 204 g/mol. The molecule has 0 saturated heterocycles. The first-order valence-corrected chi connectivity index (χ1v) is 4.14. The van der Waals surface area contributed by atoms with Crippen molar-refractivity contribution in [3.63, 3.8) is 0 Å². The fourth-order valence-corrected chi connectivity index (χ4v) is 1.25. The summed E-state index contributed by atoms with van der Waals surface area (Å²) >= 11 is 0. The van der Waals surface area contributed by atoms with Gasteiger partial charge in [-0.3, -0.25) is 4.98 Å². The lowest BCUT2D eigenvalue weighted by atomic mass is 10.0. The second kappa shape index (κ2) is 3.96. The third kappa shape index (κ3) is 2.99. The van der Waals surface area contributed by atoms with Gasteiger partial charge in [-0.15, -0.1) is 0 Å². The van der Waals surface area contributed by atoms with Gasteiger partial charge < -0.3 is 5.73 Å². The SMILES string of the molecule is Cc1ncccc1[C@H](N)CC(F)(F)F. The van der Waals surface area contributed by atoms with Crippen molar-refractivity contribution >= 4 is 0 Å². The first kappa shape index (κ1) is 11.0. The van der Waals surface area contributed by atoms with Crippen molar-refractivity contribution in [2.75, 3.05) is 0 Å². The zero-order valence-electron chi connectivity index (χ0n) is 7.67. The van der Waals surface area contributed by atoms with Crippen molar-refractivity contribution in [3.05, 3.63) is 29.6 Å². The Morgan fingerprint density at radius 3 is 2.64 bits per heavy atom. The van der Waals surface area contributed by atoms with Gasteiger partial charge in [0.2, 0.25) is 0 Å². The molecule has 0 aliphatic carbocycles. The van der Waals surface area contributed by atoms with Crippen LogP contribution >= 0.6 is 0 Å². The van der Waals surface area contributed by atoms with E-state index in [0.717, 1.165) is 0 Å². The van der Waals surface area contributed by atoms with E-state index in [1.54, 1.807) is 19.1 Å². The summed E-state index contributed by atoms with van der Waals surface area (Å²) in [6.07, 6.45) is -3.72. The van der Waals surface area contributed by atoms with Crippen molar-refractivity contribution in [1.82, 2.24) is 4.98 Å². The fourth-order valence-electron chi connectivity index (χ4n) is 1.25. The van der Waals surface area contributed by atoms with Crippen LogP contribution in [0.3, 0.4) is 0 Å². The van der Waals surface area contributed by atoms with E-state index in [2.05, 4.69) is 4.98 Å². The van der Waals surface area contributed by atoms with Crippen molar-refractivity contribution in [1.29, 1.82) is 0 Å². The van der Waals surface area contributed by atoms with Crippen LogP contribution in [0, 0.1) is 6.92 Å². The average molecular weight is 204 g/mol. The first-order valence-electron chi connectivity index (χ1n) is 4.14. The van der Waals surface area contributed by atoms with Gasteiger partial charge in [0.1, 0.15) is 0 Å². The van der Waals surface area contributed by atoms with Gasteiger partial charge in [-0.2, -0.15) is 13.2 Å². The second-order valence-electron chi connectivity index (χ2n) is 3.10. The van der Waals surface area contributed by atoms with E-state index in [1.165, 1.54) is 6.20 Å². The molecule has 1 aromatic rings. The van der Waals surface area contributed by atoms with E-state index in [1.807, 2.05) is 0 Å². The van der Waals surface area contributed by atoms with Gasteiger partial charge in [-0.05, 0) is 18.6 Å². The number of hydrogen-bond donors (Lipinski definition) is 1. The molecule has 1 heterocycles. The summed E-state index contributed by atoms with van der Waals surface area (Å²) in [5.74, 6) is 0. The van der Waals surface area contributed by atoms with Crippen molar-refractivity contribution in [3.8, 4) is 0 Å². The summed E-state index contributed by atoms with van der Waals surface area (Å²) in [5, 5.41) is 0. The Bertz CT molecular complexity index is 309. The topological polar surface area (TPSA) is 38.9 Å². The van der Waals surface area contributed by atoms with Gasteiger partial charge >= 0.3 is 6.18 Å². The molecule has 0 unspecified atom stereocenters. The Hall–Kier alpha value is -1.10. The standard InChI is InChI=1S/C9H11F3N2/c1-6-7(3-2-4-14-6)8(13)5-9(10,11)12/h2-4,8H,5,13H2,1H3/t8-/m1/s1. The zero-order valence-corrected chi connectivity index (χ0v) is 7.67. The molecule has 0 aromatic carbocycles. The third-order valence-corrected chi connectivity index (χ3v) is 1.90. The molecule has 1 atom stereocenters. The maximum atomic E-state index is 12.0. The number of nitrogens with two attached hydrogens (primary N) is 1. The Morgan fingerprint density at radius 1 is 1.50 bits per heavy atom. The maximum absolute atomic E-state index is 12.0. The van der Waals surface area contributed by atoms with Crippen LogP contribution in [0.2, 0.25) is 0 Å². The largest absolute Gasteiger partial charge is 0.390 e. The summed E-state index contributed by atoms with van der Waals surface area (Å²) in [4.78, 5) is 3.88. The Morgan fingerprint density at radius 2 is 2.14 bits per heavy atom. The highest BCUT2D eigenvalue weighted by atomic mass is 19.4. The number of hydrogen-bond acceptors (Lipinski definition) is 2. The molecule has 0 fully saturated rings. The Balaban J connectivity index is 2.80. The van der Waals surface area contributed by atoms with Crippen LogP contribution < -0.4 is 5.73 Å². The molecule has 0 radical (unpaired) electrons. The van der Waals surface area contributed by atoms with Gasteiger partial charge in [0.05, 0.1) is 6.42 Å². The van der Waals surface area contributed by atoms with Crippen LogP contribution in [0.1, 0.15) is 23.7 Å². The number of halogens is 3. The fraction of sp³-hybridized carbons (Fsp3) is 0.444. The predicted octanol–water partition coefficient (Wildman–Crippen LogP) is 2.34. The van der Waals surface area contributed by atoms with E-state index in [-0.39, 0.29) is 0 Å². The number of pyridine rings is 1. The smallest absolute Gasteiger partial charge is 0.324 e. The minimum Gasteiger partial charge on any atom is -0.324 e. The molecule has 5 heteroatoms. The third-order valence-electron chi connectivity index (χ3n) is 1.90. The molecule has 0 bridgehead atoms. The number of alkyl halides is 3. The van der Waals surface area contributed by atoms with Crippen LogP contribution in [0.4, 0.5) is 13.2 Å². The van der Waals surface area contributed by atoms with Crippen LogP contribution in [0.15, 0.2) is 18.3 Å². The van der Waals surface area contributed by atoms with E-state index >= 15 is 0 Å². The Labute approximate surface area is 79.9 Å². The van der Waals surface area contributed by atoms with Crippen LogP contribution in [0.5, 0.6) is 0 Å². The predicted molar refractivity (Wildman–Crippen MR) is 46.6 cm³/mol. The van der Waals surface area contributed by atoms with E-state index in [9.17, 15) is 13.2 Å². The molecule has 0 spiro atoms. The lowest BCUT2D eigenvalue weighted by molar-refractivity contribution is -0.138. The molecule has 1 rings (SSSR count). The molecule has 1 aromatic heterocycles. The maximum Gasteiger partial charge on any atom is 0.390 e. The number of aryl methyl sites for hydroxylation is 1. The van der Waals surface area contributed by atoms with Crippen LogP contribution in [-0.4, -0.2) is 11.2 Å². The summed E-state index contributed by atoms with van der Waals surface area (Å²) < 4.78 is 36.1. The lowest BCUT2D eigenvalue weighted by Gasteiger charge is -2.15. The highest BCUT2D eigenvalue weighted by molar-refractivity contribution is 5.22. The lowest BCUT2D eigenvalue weighted by Crippen LogP contribution is -2.21. The van der Waals surface area contributed by atoms with E-state index in [4.69, 9.17) is 5.73 Å². The number of nitrogens with zero attached hydrogens (tertiary/aromatic N) is 1. The first-order chi connectivity index (χ1) is 6.40. The summed E-state index contributed by atoms with van der Waals surface area (Å²) in [6.45, 7) is 1.64. The molecular weight excluding hydrogens is 193 g/mol. The minimum atomic E-state index is -4.23. The normalized spacial score (nSPS) is 14.1. The van der Waals surface area contributed by atoms with Gasteiger partial charge in [0.15, 0.2) is 0 Å². The summed E-state index contributed by atoms with van der Waals surface area (Å²) in [6, 6.07) is 2.13. The molecule has 78 valence electrons. The van der Waals surface area contributed by atoms with E-state index < -0.39 is 18.6 Å². The van der Waals surface area contributed by atoms with Gasteiger partial charge in [0.25, 0.3) is 0 Å².